The first-order valence-corrected chi connectivity index (χ1v) is 10.8. The Labute approximate surface area is 195 Å². The Balaban J connectivity index is 1.79. The van der Waals surface area contributed by atoms with E-state index in [0.717, 1.165) is 16.6 Å². The highest BCUT2D eigenvalue weighted by Gasteiger charge is 2.18. The van der Waals surface area contributed by atoms with Crippen molar-refractivity contribution in [3.63, 3.8) is 0 Å². The van der Waals surface area contributed by atoms with Gasteiger partial charge in [-0.25, -0.2) is 14.2 Å². The van der Waals surface area contributed by atoms with Gasteiger partial charge in [0.25, 0.3) is 5.56 Å². The lowest BCUT2D eigenvalue weighted by atomic mass is 10.1. The van der Waals surface area contributed by atoms with Gasteiger partial charge in [0.2, 0.25) is 5.91 Å². The molecule has 4 rings (SSSR count). The van der Waals surface area contributed by atoms with Gasteiger partial charge in [0.05, 0.1) is 35.0 Å². The summed E-state index contributed by atoms with van der Waals surface area (Å²) in [6.45, 7) is 1.66. The number of anilines is 1. The number of fused-ring (bicyclic) bond motifs is 1. The normalized spacial score (nSPS) is 10.8. The molecule has 0 aliphatic heterocycles. The number of nitrogens with zero attached hydrogens (tertiary/aromatic N) is 2. The summed E-state index contributed by atoms with van der Waals surface area (Å²) in [7, 11) is 1.25. The highest BCUT2D eigenvalue weighted by molar-refractivity contribution is 6.01. The van der Waals surface area contributed by atoms with E-state index in [9.17, 15) is 19.2 Å². The van der Waals surface area contributed by atoms with Crippen LogP contribution in [0, 0.1) is 0 Å². The lowest BCUT2D eigenvalue weighted by Crippen LogP contribution is -2.40. The number of rotatable bonds is 6. The van der Waals surface area contributed by atoms with E-state index < -0.39 is 23.1 Å². The summed E-state index contributed by atoms with van der Waals surface area (Å²) in [4.78, 5) is 51.6. The fraction of sp³-hybridized carbons (Fsp3) is 0.154. The molecule has 4 aromatic rings. The van der Waals surface area contributed by atoms with Crippen molar-refractivity contribution in [1.29, 1.82) is 0 Å². The van der Waals surface area contributed by atoms with Crippen molar-refractivity contribution in [2.75, 3.05) is 12.4 Å². The molecule has 0 aliphatic rings. The van der Waals surface area contributed by atoms with Crippen LogP contribution in [0.25, 0.3) is 16.6 Å². The average molecular weight is 457 g/mol. The first-order chi connectivity index (χ1) is 16.4. The summed E-state index contributed by atoms with van der Waals surface area (Å²) in [5, 5.41) is 2.98. The molecule has 0 unspecified atom stereocenters. The van der Waals surface area contributed by atoms with E-state index in [2.05, 4.69) is 5.32 Å². The van der Waals surface area contributed by atoms with E-state index >= 15 is 0 Å². The number of ether oxygens (including phenoxy) is 1. The fourth-order valence-electron chi connectivity index (χ4n) is 3.80. The SMILES string of the molecule is CCc1ccc(-n2c(=O)c3ccccc3n(CC(=O)Nc3ccccc3C(=O)OC)c2=O)cc1. The predicted molar refractivity (Wildman–Crippen MR) is 130 cm³/mol. The lowest BCUT2D eigenvalue weighted by molar-refractivity contribution is -0.116. The molecule has 0 fully saturated rings. The summed E-state index contributed by atoms with van der Waals surface area (Å²) < 4.78 is 7.08. The molecule has 0 saturated heterocycles. The summed E-state index contributed by atoms with van der Waals surface area (Å²) in [6.07, 6.45) is 0.824. The van der Waals surface area contributed by atoms with Crippen LogP contribution >= 0.6 is 0 Å². The molecule has 0 radical (unpaired) electrons. The molecule has 0 bridgehead atoms. The Morgan fingerprint density at radius 1 is 0.912 bits per heavy atom. The third-order valence-electron chi connectivity index (χ3n) is 5.56. The molecular formula is C26H23N3O5. The number of aromatic nitrogens is 2. The van der Waals surface area contributed by atoms with Crippen molar-refractivity contribution in [3.8, 4) is 5.69 Å². The van der Waals surface area contributed by atoms with Crippen LogP contribution in [-0.2, 0) is 22.5 Å². The van der Waals surface area contributed by atoms with Gasteiger partial charge in [-0.3, -0.25) is 14.2 Å². The topological polar surface area (TPSA) is 99.4 Å². The highest BCUT2D eigenvalue weighted by atomic mass is 16.5. The maximum Gasteiger partial charge on any atom is 0.339 e. The van der Waals surface area contributed by atoms with Gasteiger partial charge >= 0.3 is 11.7 Å². The van der Waals surface area contributed by atoms with E-state index in [4.69, 9.17) is 4.74 Å². The van der Waals surface area contributed by atoms with Crippen molar-refractivity contribution < 1.29 is 14.3 Å². The molecule has 0 atom stereocenters. The van der Waals surface area contributed by atoms with Gasteiger partial charge < -0.3 is 10.1 Å². The number of benzene rings is 3. The van der Waals surface area contributed by atoms with Crippen LogP contribution in [0.15, 0.2) is 82.4 Å². The second-order valence-electron chi connectivity index (χ2n) is 7.63. The smallest absolute Gasteiger partial charge is 0.339 e. The zero-order valence-corrected chi connectivity index (χ0v) is 18.8. The number of esters is 1. The Kier molecular flexibility index (Phi) is 6.40. The molecule has 1 heterocycles. The number of para-hydroxylation sites is 2. The number of hydrogen-bond acceptors (Lipinski definition) is 5. The Morgan fingerprint density at radius 3 is 2.29 bits per heavy atom. The molecule has 34 heavy (non-hydrogen) atoms. The largest absolute Gasteiger partial charge is 0.465 e. The maximum absolute atomic E-state index is 13.4. The molecule has 0 spiro atoms. The lowest BCUT2D eigenvalue weighted by Gasteiger charge is -2.15. The van der Waals surface area contributed by atoms with Gasteiger partial charge in [-0.05, 0) is 48.4 Å². The first-order valence-electron chi connectivity index (χ1n) is 10.8. The van der Waals surface area contributed by atoms with Gasteiger partial charge in [-0.2, -0.15) is 0 Å². The second kappa shape index (κ2) is 9.58. The van der Waals surface area contributed by atoms with Crippen LogP contribution in [0.4, 0.5) is 5.69 Å². The number of amides is 1. The van der Waals surface area contributed by atoms with Crippen LogP contribution in [-0.4, -0.2) is 28.1 Å². The molecule has 3 aromatic carbocycles. The minimum absolute atomic E-state index is 0.191. The molecule has 1 aromatic heterocycles. The van der Waals surface area contributed by atoms with Gasteiger partial charge in [0, 0.05) is 0 Å². The second-order valence-corrected chi connectivity index (χ2v) is 7.63. The van der Waals surface area contributed by atoms with E-state index in [0.29, 0.717) is 16.6 Å². The number of hydrogen-bond donors (Lipinski definition) is 1. The van der Waals surface area contributed by atoms with Gasteiger partial charge in [-0.15, -0.1) is 0 Å². The Hall–Kier alpha value is -4.46. The van der Waals surface area contributed by atoms with Crippen LogP contribution < -0.4 is 16.6 Å². The summed E-state index contributed by atoms with van der Waals surface area (Å²) in [5.74, 6) is -1.13. The van der Waals surface area contributed by atoms with Crippen molar-refractivity contribution in [2.45, 2.75) is 19.9 Å². The standard InChI is InChI=1S/C26H23N3O5/c1-3-17-12-14-18(15-13-17)29-24(31)20-9-5-7-11-22(20)28(26(29)33)16-23(30)27-21-10-6-4-8-19(21)25(32)34-2/h4-15H,3,16H2,1-2H3,(H,27,30). The number of carbonyl (C=O) groups is 2. The van der Waals surface area contributed by atoms with Crippen molar-refractivity contribution in [3.05, 3.63) is 105 Å². The minimum Gasteiger partial charge on any atom is -0.465 e. The van der Waals surface area contributed by atoms with E-state index in [-0.39, 0.29) is 17.8 Å². The van der Waals surface area contributed by atoms with Crippen LogP contribution in [0.2, 0.25) is 0 Å². The van der Waals surface area contributed by atoms with Gasteiger partial charge in [0.1, 0.15) is 6.54 Å². The number of aryl methyl sites for hydroxylation is 1. The third kappa shape index (κ3) is 4.25. The molecule has 0 saturated carbocycles. The molecule has 8 heteroatoms. The summed E-state index contributed by atoms with van der Waals surface area (Å²) >= 11 is 0. The quantitative estimate of drug-likeness (QED) is 0.449. The molecule has 1 N–H and O–H groups in total. The van der Waals surface area contributed by atoms with E-state index in [1.807, 2.05) is 19.1 Å². The van der Waals surface area contributed by atoms with Crippen molar-refractivity contribution in [1.82, 2.24) is 9.13 Å². The molecule has 1 amide bonds. The van der Waals surface area contributed by atoms with Crippen LogP contribution in [0.5, 0.6) is 0 Å². The molecule has 172 valence electrons. The minimum atomic E-state index is -0.635. The Morgan fingerprint density at radius 2 is 1.59 bits per heavy atom. The number of carbonyl (C=O) groups excluding carboxylic acids is 2. The zero-order chi connectivity index (χ0) is 24.2. The highest BCUT2D eigenvalue weighted by Crippen LogP contribution is 2.17. The van der Waals surface area contributed by atoms with Gasteiger partial charge in [0.15, 0.2) is 0 Å². The first kappa shape index (κ1) is 22.7. The molecule has 0 aliphatic carbocycles. The fourth-order valence-corrected chi connectivity index (χ4v) is 3.80. The molecular weight excluding hydrogens is 434 g/mol. The zero-order valence-electron chi connectivity index (χ0n) is 18.8. The van der Waals surface area contributed by atoms with E-state index in [1.54, 1.807) is 54.6 Å². The van der Waals surface area contributed by atoms with Crippen LogP contribution in [0.1, 0.15) is 22.8 Å². The van der Waals surface area contributed by atoms with Crippen molar-refractivity contribution >= 4 is 28.5 Å². The van der Waals surface area contributed by atoms with Gasteiger partial charge in [-0.1, -0.05) is 43.3 Å². The van der Waals surface area contributed by atoms with E-state index in [1.165, 1.54) is 17.7 Å². The summed E-state index contributed by atoms with van der Waals surface area (Å²) in [5.41, 5.74) is 1.19. The van der Waals surface area contributed by atoms with Crippen LogP contribution in [0.3, 0.4) is 0 Å². The average Bonchev–Trinajstić information content (AvgIpc) is 2.87. The third-order valence-corrected chi connectivity index (χ3v) is 5.56. The Bertz CT molecular complexity index is 1500. The number of methoxy groups -OCH3 is 1. The summed E-state index contributed by atoms with van der Waals surface area (Å²) in [6, 6.07) is 20.2. The maximum atomic E-state index is 13.4. The molecule has 8 nitrogen and oxygen atoms in total. The number of nitrogens with one attached hydrogen (secondary N) is 1. The monoisotopic (exact) mass is 457 g/mol. The van der Waals surface area contributed by atoms with Crippen molar-refractivity contribution in [2.24, 2.45) is 0 Å². The predicted octanol–water partition coefficient (Wildman–Crippen LogP) is 3.14.